The van der Waals surface area contributed by atoms with Gasteiger partial charge in [-0.3, -0.25) is 4.90 Å². The first kappa shape index (κ1) is 13.6. The minimum Gasteiger partial charge on any atom is -0.360 e. The van der Waals surface area contributed by atoms with Gasteiger partial charge in [0.2, 0.25) is 0 Å². The van der Waals surface area contributed by atoms with E-state index in [0.29, 0.717) is 0 Å². The third kappa shape index (κ3) is 2.84. The Balaban J connectivity index is 1.33. The summed E-state index contributed by atoms with van der Waals surface area (Å²) >= 11 is 1.88. The number of para-hydroxylation sites is 1. The summed E-state index contributed by atoms with van der Waals surface area (Å²) < 4.78 is 0. The van der Waals surface area contributed by atoms with Gasteiger partial charge in [0.05, 0.1) is 5.69 Å². The van der Waals surface area contributed by atoms with E-state index in [4.69, 9.17) is 4.99 Å². The fraction of sp³-hybridized carbons (Fsp3) is 0.588. The first-order valence-electron chi connectivity index (χ1n) is 8.19. The maximum absolute atomic E-state index is 4.73. The third-order valence-electron chi connectivity index (χ3n) is 5.08. The van der Waals surface area contributed by atoms with Crippen LogP contribution in [0.1, 0.15) is 37.7 Å². The van der Waals surface area contributed by atoms with Crippen molar-refractivity contribution < 1.29 is 0 Å². The Morgan fingerprint density at radius 1 is 1.14 bits per heavy atom. The number of thioether (sulfide) groups is 1. The highest BCUT2D eigenvalue weighted by Gasteiger charge is 2.35. The molecule has 112 valence electrons. The zero-order valence-electron chi connectivity index (χ0n) is 12.4. The summed E-state index contributed by atoms with van der Waals surface area (Å²) in [6.45, 7) is 2.14. The highest BCUT2D eigenvalue weighted by molar-refractivity contribution is 8.13. The molecule has 3 aliphatic heterocycles. The molecule has 0 radical (unpaired) electrons. The second-order valence-electron chi connectivity index (χ2n) is 6.30. The molecule has 1 N–H and O–H groups in total. The molecule has 0 aromatic heterocycles. The molecule has 3 nitrogen and oxygen atoms in total. The topological polar surface area (TPSA) is 27.6 Å². The molecule has 4 rings (SSSR count). The summed E-state index contributed by atoms with van der Waals surface area (Å²) in [6, 6.07) is 10.2. The lowest BCUT2D eigenvalue weighted by atomic mass is 10.0. The van der Waals surface area contributed by atoms with Crippen LogP contribution in [0.5, 0.6) is 0 Å². The first-order chi connectivity index (χ1) is 10.4. The smallest absolute Gasteiger partial charge is 0.162 e. The van der Waals surface area contributed by atoms with Crippen LogP contribution in [0.4, 0.5) is 5.69 Å². The molecule has 0 unspecified atom stereocenters. The molecule has 4 heteroatoms. The van der Waals surface area contributed by atoms with Gasteiger partial charge in [0, 0.05) is 30.9 Å². The van der Waals surface area contributed by atoms with Crippen molar-refractivity contribution in [3.05, 3.63) is 29.8 Å². The van der Waals surface area contributed by atoms with E-state index in [1.54, 1.807) is 0 Å². The minimum atomic E-state index is 0.881. The van der Waals surface area contributed by atoms with Crippen LogP contribution in [-0.4, -0.2) is 34.4 Å². The summed E-state index contributed by atoms with van der Waals surface area (Å²) in [4.78, 5) is 7.50. The van der Waals surface area contributed by atoms with Gasteiger partial charge in [0.1, 0.15) is 0 Å². The van der Waals surface area contributed by atoms with Crippen molar-refractivity contribution >= 4 is 22.6 Å². The molecule has 3 heterocycles. The van der Waals surface area contributed by atoms with Crippen molar-refractivity contribution in [2.24, 2.45) is 4.99 Å². The van der Waals surface area contributed by atoms with Crippen molar-refractivity contribution in [2.75, 3.05) is 12.3 Å². The van der Waals surface area contributed by atoms with E-state index >= 15 is 0 Å². The van der Waals surface area contributed by atoms with E-state index in [9.17, 15) is 0 Å². The van der Waals surface area contributed by atoms with Crippen molar-refractivity contribution in [1.29, 1.82) is 0 Å². The molecule has 3 aliphatic rings. The number of rotatable bonds is 3. The molecule has 0 amide bonds. The van der Waals surface area contributed by atoms with E-state index in [0.717, 1.165) is 35.2 Å². The fourth-order valence-electron chi connectivity index (χ4n) is 4.01. The Morgan fingerprint density at radius 2 is 1.95 bits per heavy atom. The molecular weight excluding hydrogens is 278 g/mol. The van der Waals surface area contributed by atoms with Crippen LogP contribution in [0.15, 0.2) is 29.3 Å². The highest BCUT2D eigenvalue weighted by Crippen LogP contribution is 2.35. The van der Waals surface area contributed by atoms with Gasteiger partial charge in [-0.05, 0) is 37.3 Å². The van der Waals surface area contributed by atoms with E-state index in [1.807, 2.05) is 11.8 Å². The van der Waals surface area contributed by atoms with Crippen LogP contribution in [0.2, 0.25) is 0 Å². The van der Waals surface area contributed by atoms with Gasteiger partial charge in [0.25, 0.3) is 0 Å². The predicted octanol–water partition coefficient (Wildman–Crippen LogP) is 3.53. The Morgan fingerprint density at radius 3 is 2.81 bits per heavy atom. The van der Waals surface area contributed by atoms with Crippen LogP contribution in [-0.2, 0) is 6.54 Å². The average Bonchev–Trinajstić information content (AvgIpc) is 2.75. The summed E-state index contributed by atoms with van der Waals surface area (Å²) in [6.07, 6.45) is 7.16. The average molecular weight is 301 g/mol. The van der Waals surface area contributed by atoms with Crippen molar-refractivity contribution in [3.8, 4) is 0 Å². The van der Waals surface area contributed by atoms with E-state index in [2.05, 4.69) is 34.5 Å². The number of hydrogen-bond donors (Lipinski definition) is 1. The van der Waals surface area contributed by atoms with Crippen molar-refractivity contribution in [1.82, 2.24) is 10.2 Å². The number of nitrogens with zero attached hydrogens (tertiary/aromatic N) is 2. The Kier molecular flexibility index (Phi) is 3.91. The van der Waals surface area contributed by atoms with Gasteiger partial charge < -0.3 is 5.32 Å². The lowest BCUT2D eigenvalue weighted by Gasteiger charge is -2.34. The van der Waals surface area contributed by atoms with Gasteiger partial charge in [-0.15, -0.1) is 0 Å². The van der Waals surface area contributed by atoms with Crippen LogP contribution in [0.25, 0.3) is 0 Å². The number of amidine groups is 1. The van der Waals surface area contributed by atoms with Gasteiger partial charge in [-0.25, -0.2) is 4.99 Å². The Bertz CT molecular complexity index is 527. The monoisotopic (exact) mass is 301 g/mol. The first-order valence-corrected chi connectivity index (χ1v) is 9.18. The second-order valence-corrected chi connectivity index (χ2v) is 7.39. The standard InChI is InChI=1S/C17H23N3S/c1-2-7-16-13(4-1)12-18-17(19-16)21-11-10-20-14-5-3-6-15(20)9-8-14/h1-2,4,7,14-15H,3,5-6,8-12H2,(H,18,19)/t14-,15+. The molecular formula is C17H23N3S. The van der Waals surface area contributed by atoms with Gasteiger partial charge in [0.15, 0.2) is 5.17 Å². The van der Waals surface area contributed by atoms with Crippen LogP contribution < -0.4 is 5.32 Å². The van der Waals surface area contributed by atoms with Crippen LogP contribution >= 0.6 is 11.8 Å². The molecule has 1 aromatic carbocycles. The lowest BCUT2D eigenvalue weighted by Crippen LogP contribution is -2.41. The number of nitrogens with one attached hydrogen (secondary N) is 1. The predicted molar refractivity (Wildman–Crippen MR) is 90.2 cm³/mol. The molecule has 2 atom stereocenters. The molecule has 2 fully saturated rings. The summed E-state index contributed by atoms with van der Waals surface area (Å²) in [5.41, 5.74) is 2.44. The van der Waals surface area contributed by atoms with E-state index in [-0.39, 0.29) is 0 Å². The largest absolute Gasteiger partial charge is 0.360 e. The van der Waals surface area contributed by atoms with Crippen molar-refractivity contribution in [2.45, 2.75) is 50.7 Å². The fourth-order valence-corrected chi connectivity index (χ4v) is 4.84. The second kappa shape index (κ2) is 6.01. The lowest BCUT2D eigenvalue weighted by molar-refractivity contribution is 0.150. The Labute approximate surface area is 131 Å². The molecule has 0 aliphatic carbocycles. The SMILES string of the molecule is c1ccc2c(c1)CNC(SCCN1[C@@H]3CCC[C@H]1CC3)=N2. The summed E-state index contributed by atoms with van der Waals surface area (Å²) in [5.74, 6) is 1.15. The Hall–Kier alpha value is -1.00. The third-order valence-corrected chi connectivity index (χ3v) is 5.97. The van der Waals surface area contributed by atoms with Crippen LogP contribution in [0.3, 0.4) is 0 Å². The normalized spacial score (nSPS) is 27.9. The molecule has 2 bridgehead atoms. The van der Waals surface area contributed by atoms with E-state index < -0.39 is 0 Å². The van der Waals surface area contributed by atoms with E-state index in [1.165, 1.54) is 44.2 Å². The number of hydrogen-bond acceptors (Lipinski definition) is 4. The number of benzene rings is 1. The molecule has 21 heavy (non-hydrogen) atoms. The number of fused-ring (bicyclic) bond motifs is 3. The zero-order chi connectivity index (χ0) is 14.1. The molecule has 1 aromatic rings. The summed E-state index contributed by atoms with van der Waals surface area (Å²) in [7, 11) is 0. The van der Waals surface area contributed by atoms with Gasteiger partial charge in [-0.1, -0.05) is 36.4 Å². The summed E-state index contributed by atoms with van der Waals surface area (Å²) in [5, 5.41) is 4.54. The van der Waals surface area contributed by atoms with Crippen LogP contribution in [0, 0.1) is 0 Å². The highest BCUT2D eigenvalue weighted by atomic mass is 32.2. The quantitative estimate of drug-likeness (QED) is 0.925. The zero-order valence-corrected chi connectivity index (χ0v) is 13.2. The molecule has 2 saturated heterocycles. The van der Waals surface area contributed by atoms with Gasteiger partial charge in [-0.2, -0.15) is 0 Å². The maximum atomic E-state index is 4.73. The molecule has 0 saturated carbocycles. The van der Waals surface area contributed by atoms with Crippen molar-refractivity contribution in [3.63, 3.8) is 0 Å². The molecule has 0 spiro atoms. The number of piperidine rings is 1. The maximum Gasteiger partial charge on any atom is 0.162 e. The van der Waals surface area contributed by atoms with Gasteiger partial charge >= 0.3 is 0 Å². The number of aliphatic imine (C=N–C) groups is 1. The minimum absolute atomic E-state index is 0.881.